The number of likely N-dealkylation sites (tertiary alicyclic amines) is 1. The highest BCUT2D eigenvalue weighted by Gasteiger charge is 2.40. The number of aryl methyl sites for hydroxylation is 1. The van der Waals surface area contributed by atoms with Gasteiger partial charge in [-0.25, -0.2) is 4.98 Å². The first-order valence-electron chi connectivity index (χ1n) is 9.16. The SMILES string of the molecule is COC1CCc2sc3c(N4CC5CN(C)CC5C4)nc(N)nc3c2C1. The van der Waals surface area contributed by atoms with Gasteiger partial charge < -0.3 is 20.3 Å². The molecule has 2 aromatic heterocycles. The normalized spacial score (nSPS) is 29.4. The van der Waals surface area contributed by atoms with Crippen LogP contribution in [-0.2, 0) is 17.6 Å². The fraction of sp³-hybridized carbons (Fsp3) is 0.667. The highest BCUT2D eigenvalue weighted by molar-refractivity contribution is 7.19. The second-order valence-corrected chi connectivity index (χ2v) is 8.94. The van der Waals surface area contributed by atoms with Gasteiger partial charge in [0.25, 0.3) is 0 Å². The van der Waals surface area contributed by atoms with E-state index in [0.29, 0.717) is 12.1 Å². The Labute approximate surface area is 152 Å². The van der Waals surface area contributed by atoms with Gasteiger partial charge in [0.15, 0.2) is 5.82 Å². The number of hydrogen-bond donors (Lipinski definition) is 1. The van der Waals surface area contributed by atoms with Crippen molar-refractivity contribution in [2.45, 2.75) is 25.4 Å². The molecule has 4 heterocycles. The molecule has 0 saturated carbocycles. The molecule has 2 N–H and O–H groups in total. The molecule has 2 saturated heterocycles. The zero-order chi connectivity index (χ0) is 17.1. The number of ether oxygens (including phenoxy) is 1. The number of anilines is 2. The van der Waals surface area contributed by atoms with Crippen LogP contribution in [0.4, 0.5) is 11.8 Å². The Morgan fingerprint density at radius 1 is 1.16 bits per heavy atom. The zero-order valence-electron chi connectivity index (χ0n) is 14.9. The molecule has 3 unspecified atom stereocenters. The summed E-state index contributed by atoms with van der Waals surface area (Å²) in [4.78, 5) is 15.6. The highest BCUT2D eigenvalue weighted by Crippen LogP contribution is 2.42. The van der Waals surface area contributed by atoms with E-state index in [1.165, 1.54) is 28.2 Å². The molecule has 25 heavy (non-hydrogen) atoms. The van der Waals surface area contributed by atoms with Crippen LogP contribution < -0.4 is 10.6 Å². The third-order valence-corrected chi connectivity index (χ3v) is 7.42. The van der Waals surface area contributed by atoms with E-state index in [2.05, 4.69) is 26.8 Å². The minimum Gasteiger partial charge on any atom is -0.381 e. The summed E-state index contributed by atoms with van der Waals surface area (Å²) in [5, 5.41) is 0. The monoisotopic (exact) mass is 359 g/mol. The predicted molar refractivity (Wildman–Crippen MR) is 101 cm³/mol. The second kappa shape index (κ2) is 5.79. The van der Waals surface area contributed by atoms with Crippen LogP contribution in [0.2, 0.25) is 0 Å². The summed E-state index contributed by atoms with van der Waals surface area (Å²) in [5.41, 5.74) is 8.51. The third-order valence-electron chi connectivity index (χ3n) is 6.14. The van der Waals surface area contributed by atoms with Crippen LogP contribution in [0.5, 0.6) is 0 Å². The summed E-state index contributed by atoms with van der Waals surface area (Å²) < 4.78 is 6.83. The van der Waals surface area contributed by atoms with Crippen molar-refractivity contribution >= 4 is 33.3 Å². The van der Waals surface area contributed by atoms with Crippen molar-refractivity contribution in [1.29, 1.82) is 0 Å². The molecule has 0 aromatic carbocycles. The number of rotatable bonds is 2. The number of nitrogen functional groups attached to an aromatic ring is 1. The van der Waals surface area contributed by atoms with Gasteiger partial charge >= 0.3 is 0 Å². The van der Waals surface area contributed by atoms with E-state index in [1.54, 1.807) is 7.11 Å². The van der Waals surface area contributed by atoms with Crippen molar-refractivity contribution < 1.29 is 4.74 Å². The molecular formula is C18H25N5OS. The van der Waals surface area contributed by atoms with Crippen molar-refractivity contribution in [2.75, 3.05) is 51.0 Å². The van der Waals surface area contributed by atoms with Gasteiger partial charge in [0, 0.05) is 44.6 Å². The first-order valence-corrected chi connectivity index (χ1v) is 9.98. The largest absolute Gasteiger partial charge is 0.381 e. The van der Waals surface area contributed by atoms with Crippen molar-refractivity contribution in [3.8, 4) is 0 Å². The van der Waals surface area contributed by atoms with Crippen LogP contribution in [0.1, 0.15) is 16.9 Å². The quantitative estimate of drug-likeness (QED) is 0.882. The Morgan fingerprint density at radius 3 is 2.64 bits per heavy atom. The first-order chi connectivity index (χ1) is 12.1. The van der Waals surface area contributed by atoms with Gasteiger partial charge in [-0.15, -0.1) is 11.3 Å². The van der Waals surface area contributed by atoms with Gasteiger partial charge in [0.1, 0.15) is 0 Å². The maximum atomic E-state index is 6.11. The van der Waals surface area contributed by atoms with Crippen LogP contribution in [0.25, 0.3) is 10.2 Å². The zero-order valence-corrected chi connectivity index (χ0v) is 15.7. The van der Waals surface area contributed by atoms with Gasteiger partial charge in [-0.1, -0.05) is 0 Å². The van der Waals surface area contributed by atoms with Crippen molar-refractivity contribution in [3.63, 3.8) is 0 Å². The molecule has 6 nitrogen and oxygen atoms in total. The lowest BCUT2D eigenvalue weighted by Gasteiger charge is -2.21. The van der Waals surface area contributed by atoms with Crippen LogP contribution in [0.3, 0.4) is 0 Å². The van der Waals surface area contributed by atoms with Crippen LogP contribution in [0.15, 0.2) is 0 Å². The van der Waals surface area contributed by atoms with Crippen LogP contribution in [0, 0.1) is 11.8 Å². The number of methoxy groups -OCH3 is 1. The number of fused-ring (bicyclic) bond motifs is 4. The standard InChI is InChI=1S/C18H25N5OS/c1-22-6-10-8-23(9-11(10)7-22)17-16-15(20-18(19)21-17)13-5-12(24-2)3-4-14(13)25-16/h10-12H,3-9H2,1-2H3,(H2,19,20,21). The summed E-state index contributed by atoms with van der Waals surface area (Å²) in [5.74, 6) is 2.97. The number of aromatic nitrogens is 2. The molecule has 0 amide bonds. The van der Waals surface area contributed by atoms with Crippen LogP contribution >= 0.6 is 11.3 Å². The summed E-state index contributed by atoms with van der Waals surface area (Å²) in [6.07, 6.45) is 3.41. The van der Waals surface area contributed by atoms with Crippen molar-refractivity contribution in [3.05, 3.63) is 10.4 Å². The summed E-state index contributed by atoms with van der Waals surface area (Å²) in [7, 11) is 4.03. The summed E-state index contributed by atoms with van der Waals surface area (Å²) in [6, 6.07) is 0. The Hall–Kier alpha value is -1.44. The molecule has 0 bridgehead atoms. The number of nitrogens with zero attached hydrogens (tertiary/aromatic N) is 4. The average molecular weight is 359 g/mol. The van der Waals surface area contributed by atoms with E-state index in [4.69, 9.17) is 10.5 Å². The Kier molecular flexibility index (Phi) is 3.66. The smallest absolute Gasteiger partial charge is 0.222 e. The van der Waals surface area contributed by atoms with Crippen LogP contribution in [-0.4, -0.2) is 61.3 Å². The fourth-order valence-electron chi connectivity index (χ4n) is 4.92. The van der Waals surface area contributed by atoms with Crippen molar-refractivity contribution in [2.24, 2.45) is 11.8 Å². The molecule has 7 heteroatoms. The summed E-state index contributed by atoms with van der Waals surface area (Å²) in [6.45, 7) is 4.57. The molecular weight excluding hydrogens is 334 g/mol. The first kappa shape index (κ1) is 15.8. The van der Waals surface area contributed by atoms with E-state index >= 15 is 0 Å². The average Bonchev–Trinajstić information content (AvgIpc) is 3.24. The third kappa shape index (κ3) is 2.52. The van der Waals surface area contributed by atoms with Gasteiger partial charge in [-0.05, 0) is 37.3 Å². The Bertz CT molecular complexity index is 807. The summed E-state index contributed by atoms with van der Waals surface area (Å²) >= 11 is 1.87. The highest BCUT2D eigenvalue weighted by atomic mass is 32.1. The van der Waals surface area contributed by atoms with Gasteiger partial charge in [-0.2, -0.15) is 4.98 Å². The number of hydrogen-bond acceptors (Lipinski definition) is 7. The number of thiophene rings is 1. The van der Waals surface area contributed by atoms with Gasteiger partial charge in [-0.3, -0.25) is 0 Å². The Morgan fingerprint density at radius 2 is 1.92 bits per heavy atom. The van der Waals surface area contributed by atoms with E-state index in [9.17, 15) is 0 Å². The molecule has 0 radical (unpaired) electrons. The molecule has 2 fully saturated rings. The topological polar surface area (TPSA) is 67.5 Å². The molecule has 1 aliphatic carbocycles. The molecule has 2 aromatic rings. The maximum absolute atomic E-state index is 6.11. The molecule has 3 atom stereocenters. The van der Waals surface area contributed by atoms with Gasteiger partial charge in [0.2, 0.25) is 5.95 Å². The molecule has 0 spiro atoms. The maximum Gasteiger partial charge on any atom is 0.222 e. The minimum absolute atomic E-state index is 0.298. The second-order valence-electron chi connectivity index (χ2n) is 7.83. The molecule has 5 rings (SSSR count). The predicted octanol–water partition coefficient (Wildman–Crippen LogP) is 1.78. The minimum atomic E-state index is 0.298. The Balaban J connectivity index is 1.55. The van der Waals surface area contributed by atoms with Crippen molar-refractivity contribution in [1.82, 2.24) is 14.9 Å². The lowest BCUT2D eigenvalue weighted by atomic mass is 9.95. The lowest BCUT2D eigenvalue weighted by Crippen LogP contribution is -2.27. The van der Waals surface area contributed by atoms with E-state index in [1.807, 2.05) is 11.3 Å². The van der Waals surface area contributed by atoms with E-state index < -0.39 is 0 Å². The van der Waals surface area contributed by atoms with Gasteiger partial charge in [0.05, 0.1) is 16.3 Å². The number of nitrogens with two attached hydrogens (primary N) is 1. The molecule has 3 aliphatic rings. The molecule has 134 valence electrons. The lowest BCUT2D eigenvalue weighted by molar-refractivity contribution is 0.0919. The fourth-order valence-corrected chi connectivity index (χ4v) is 6.22. The molecule has 2 aliphatic heterocycles. The van der Waals surface area contributed by atoms with E-state index in [-0.39, 0.29) is 0 Å². The van der Waals surface area contributed by atoms with E-state index in [0.717, 1.165) is 55.5 Å².